The molecule has 1 aliphatic rings. The van der Waals surface area contributed by atoms with Crippen LogP contribution in [0.4, 0.5) is 5.82 Å². The van der Waals surface area contributed by atoms with Crippen molar-refractivity contribution in [1.82, 2.24) is 19.9 Å². The molecular formula is C32H39N5O4. The summed E-state index contributed by atoms with van der Waals surface area (Å²) in [6, 6.07) is 18.1. The van der Waals surface area contributed by atoms with Crippen molar-refractivity contribution in [2.24, 2.45) is 5.41 Å². The van der Waals surface area contributed by atoms with Gasteiger partial charge in [0.1, 0.15) is 11.6 Å². The topological polar surface area (TPSA) is 127 Å². The lowest BCUT2D eigenvalue weighted by Crippen LogP contribution is -2.57. The van der Waals surface area contributed by atoms with Gasteiger partial charge in [-0.2, -0.15) is 0 Å². The molecule has 1 aliphatic heterocycles. The van der Waals surface area contributed by atoms with E-state index in [0.29, 0.717) is 60.0 Å². The number of amides is 1. The zero-order valence-corrected chi connectivity index (χ0v) is 24.4. The van der Waals surface area contributed by atoms with Gasteiger partial charge in [0.25, 0.3) is 0 Å². The van der Waals surface area contributed by atoms with Crippen LogP contribution in [0.1, 0.15) is 50.7 Å². The molecule has 1 fully saturated rings. The largest absolute Gasteiger partial charge is 0.493 e. The molecule has 4 N–H and O–H groups in total. The summed E-state index contributed by atoms with van der Waals surface area (Å²) < 4.78 is 11.1. The molecule has 216 valence electrons. The Morgan fingerprint density at radius 3 is 2.27 bits per heavy atom. The number of carbonyl (C=O) groups is 1. The lowest BCUT2D eigenvalue weighted by molar-refractivity contribution is -0.144. The van der Waals surface area contributed by atoms with Crippen LogP contribution in [0, 0.1) is 5.41 Å². The number of ether oxygens (including phenoxy) is 2. The van der Waals surface area contributed by atoms with E-state index in [4.69, 9.17) is 25.2 Å². The number of aliphatic hydroxyl groups excluding tert-OH is 1. The van der Waals surface area contributed by atoms with Gasteiger partial charge in [0.05, 0.1) is 37.2 Å². The Balaban J connectivity index is 1.72. The van der Waals surface area contributed by atoms with Crippen molar-refractivity contribution in [1.29, 1.82) is 0 Å². The molecule has 0 radical (unpaired) electrons. The van der Waals surface area contributed by atoms with E-state index in [0.717, 1.165) is 11.3 Å². The van der Waals surface area contributed by atoms with Gasteiger partial charge in [0, 0.05) is 41.8 Å². The first-order chi connectivity index (χ1) is 19.6. The number of piperidine rings is 1. The van der Waals surface area contributed by atoms with Crippen molar-refractivity contribution in [2.45, 2.75) is 44.4 Å². The highest BCUT2D eigenvalue weighted by Crippen LogP contribution is 2.54. The summed E-state index contributed by atoms with van der Waals surface area (Å²) in [4.78, 5) is 28.8. The monoisotopic (exact) mass is 557 g/mol. The summed E-state index contributed by atoms with van der Waals surface area (Å²) in [5.74, 6) is 2.00. The van der Waals surface area contributed by atoms with E-state index in [-0.39, 0.29) is 12.5 Å². The number of aliphatic hydroxyl groups is 1. The Bertz CT molecular complexity index is 1530. The summed E-state index contributed by atoms with van der Waals surface area (Å²) in [5.41, 5.74) is 7.29. The fraction of sp³-hybridized carbons (Fsp3) is 0.406. The molecule has 0 bridgehead atoms. The Labute approximate surface area is 240 Å². The van der Waals surface area contributed by atoms with Crippen molar-refractivity contribution in [3.8, 4) is 11.5 Å². The second-order valence-corrected chi connectivity index (χ2v) is 11.6. The van der Waals surface area contributed by atoms with Crippen LogP contribution in [-0.2, 0) is 15.6 Å². The van der Waals surface area contributed by atoms with Gasteiger partial charge < -0.3 is 30.2 Å². The first-order valence-corrected chi connectivity index (χ1v) is 13.9. The fourth-order valence-corrected chi connectivity index (χ4v) is 6.36. The molecule has 2 aromatic carbocycles. The highest BCUT2D eigenvalue weighted by Gasteiger charge is 2.56. The molecule has 1 saturated heterocycles. The van der Waals surface area contributed by atoms with Crippen LogP contribution in [0.25, 0.3) is 10.9 Å². The van der Waals surface area contributed by atoms with E-state index in [9.17, 15) is 9.90 Å². The predicted molar refractivity (Wildman–Crippen MR) is 159 cm³/mol. The van der Waals surface area contributed by atoms with Crippen molar-refractivity contribution in [3.05, 3.63) is 77.9 Å². The van der Waals surface area contributed by atoms with Gasteiger partial charge in [-0.1, -0.05) is 30.3 Å². The quantitative estimate of drug-likeness (QED) is 0.292. The van der Waals surface area contributed by atoms with Gasteiger partial charge in [-0.05, 0) is 57.4 Å². The maximum absolute atomic E-state index is 13.3. The lowest BCUT2D eigenvalue weighted by Gasteiger charge is -2.52. The van der Waals surface area contributed by atoms with Crippen LogP contribution < -0.4 is 15.2 Å². The van der Waals surface area contributed by atoms with E-state index in [1.54, 1.807) is 34.1 Å². The summed E-state index contributed by atoms with van der Waals surface area (Å²) >= 11 is 0. The second kappa shape index (κ2) is 10.7. The van der Waals surface area contributed by atoms with Crippen LogP contribution in [0.2, 0.25) is 0 Å². The Hall–Kier alpha value is -4.11. The summed E-state index contributed by atoms with van der Waals surface area (Å²) in [6.07, 6.45) is 3.23. The molecule has 9 heteroatoms. The first-order valence-electron chi connectivity index (χ1n) is 13.9. The number of nitrogens with zero attached hydrogens (tertiary/aromatic N) is 3. The van der Waals surface area contributed by atoms with Crippen LogP contribution in [0.3, 0.4) is 0 Å². The predicted octanol–water partition coefficient (Wildman–Crippen LogP) is 4.44. The number of nitrogen functional groups attached to an aromatic ring is 1. The van der Waals surface area contributed by atoms with Gasteiger partial charge in [-0.3, -0.25) is 4.79 Å². The van der Waals surface area contributed by atoms with Crippen molar-refractivity contribution in [2.75, 3.05) is 39.6 Å². The average Bonchev–Trinajstić information content (AvgIpc) is 3.56. The number of nitrogens with two attached hydrogens (primary N) is 1. The van der Waals surface area contributed by atoms with Crippen LogP contribution >= 0.6 is 0 Å². The molecule has 0 aliphatic carbocycles. The number of anilines is 1. The maximum atomic E-state index is 13.3. The summed E-state index contributed by atoms with van der Waals surface area (Å²) in [5, 5.41) is 10.5. The van der Waals surface area contributed by atoms with Gasteiger partial charge >= 0.3 is 0 Å². The zero-order valence-electron chi connectivity index (χ0n) is 24.4. The van der Waals surface area contributed by atoms with Crippen LogP contribution in [-0.4, -0.2) is 64.8 Å². The molecule has 3 heterocycles. The van der Waals surface area contributed by atoms with Gasteiger partial charge in [-0.15, -0.1) is 0 Å². The van der Waals surface area contributed by atoms with Crippen LogP contribution in [0.5, 0.6) is 11.5 Å². The molecule has 41 heavy (non-hydrogen) atoms. The minimum Gasteiger partial charge on any atom is -0.493 e. The molecule has 5 rings (SSSR count). The number of H-pyrrole nitrogens is 1. The lowest BCUT2D eigenvalue weighted by atomic mass is 9.54. The normalized spacial score (nSPS) is 16.8. The highest BCUT2D eigenvalue weighted by molar-refractivity contribution is 5.91. The number of likely N-dealkylation sites (tertiary alicyclic amines) is 1. The van der Waals surface area contributed by atoms with Crippen LogP contribution in [0.15, 0.2) is 60.8 Å². The Morgan fingerprint density at radius 2 is 1.68 bits per heavy atom. The second-order valence-electron chi connectivity index (χ2n) is 11.6. The smallest absolute Gasteiger partial charge is 0.230 e. The Kier molecular flexibility index (Phi) is 7.42. The number of hydrogen-bond acceptors (Lipinski definition) is 7. The molecular weight excluding hydrogens is 518 g/mol. The third-order valence-electron chi connectivity index (χ3n) is 8.98. The molecule has 4 aromatic rings. The van der Waals surface area contributed by atoms with E-state index >= 15 is 0 Å². The average molecular weight is 558 g/mol. The third kappa shape index (κ3) is 4.58. The van der Waals surface area contributed by atoms with E-state index in [1.165, 1.54) is 0 Å². The number of fused-ring (bicyclic) bond motifs is 1. The first kappa shape index (κ1) is 28.4. The number of hydrogen-bond donors (Lipinski definition) is 3. The molecule has 0 spiro atoms. The minimum absolute atomic E-state index is 0.0459. The number of benzene rings is 2. The maximum Gasteiger partial charge on any atom is 0.230 e. The number of aromatic amines is 1. The van der Waals surface area contributed by atoms with E-state index in [2.05, 4.69) is 30.1 Å². The minimum atomic E-state index is -0.842. The third-order valence-corrected chi connectivity index (χ3v) is 8.98. The Morgan fingerprint density at radius 1 is 1.02 bits per heavy atom. The fourth-order valence-electron chi connectivity index (χ4n) is 6.36. The number of nitrogens with one attached hydrogen (secondary N) is 1. The summed E-state index contributed by atoms with van der Waals surface area (Å²) in [6.45, 7) is 6.59. The zero-order chi connectivity index (χ0) is 29.4. The molecule has 0 saturated carbocycles. The summed E-state index contributed by atoms with van der Waals surface area (Å²) in [7, 11) is 3.18. The van der Waals surface area contributed by atoms with Gasteiger partial charge in [0.2, 0.25) is 5.91 Å². The highest BCUT2D eigenvalue weighted by atomic mass is 16.5. The number of methoxy groups -OCH3 is 2. The standard InChI is InChI=1S/C32H39N5O4/c1-30(2,20-38)29(39)37-16-13-32(14-17-37,21-10-7-6-8-11-21)31(3,26-12-9-15-34-26)28-35-23-19-25(41-5)24(40-4)18-22(23)27(33)36-28/h6-12,15,18-19,34,38H,13-14,16-17,20H2,1-5H3,(H2,33,35,36). The molecule has 1 unspecified atom stereocenters. The number of aromatic nitrogens is 3. The van der Waals surface area contributed by atoms with Crippen molar-refractivity contribution >= 4 is 22.6 Å². The number of carbonyl (C=O) groups excluding carboxylic acids is 1. The molecule has 9 nitrogen and oxygen atoms in total. The van der Waals surface area contributed by atoms with E-state index in [1.807, 2.05) is 41.4 Å². The van der Waals surface area contributed by atoms with Crippen molar-refractivity contribution < 1.29 is 19.4 Å². The molecule has 2 aromatic heterocycles. The van der Waals surface area contributed by atoms with Crippen molar-refractivity contribution in [3.63, 3.8) is 0 Å². The SMILES string of the molecule is COc1cc2nc(C(C)(c3ccc[nH]3)C3(c4ccccc4)CCN(C(=O)C(C)(C)CO)CC3)nc(N)c2cc1OC. The molecule has 1 amide bonds. The van der Waals surface area contributed by atoms with E-state index < -0.39 is 16.2 Å². The van der Waals surface area contributed by atoms with Gasteiger partial charge in [0.15, 0.2) is 11.5 Å². The van der Waals surface area contributed by atoms with Gasteiger partial charge in [-0.25, -0.2) is 9.97 Å². The molecule has 1 atom stereocenters. The number of rotatable bonds is 8.